The molecule has 0 bridgehead atoms. The lowest BCUT2D eigenvalue weighted by Gasteiger charge is -2.15. The van der Waals surface area contributed by atoms with Crippen molar-refractivity contribution >= 4 is 0 Å². The fourth-order valence-corrected chi connectivity index (χ4v) is 2.28. The normalized spacial score (nSPS) is 12.1. The number of benzene rings is 2. The standard InChI is InChI=1S/C18H23NO2/c1-14-8-9-17(15(2)12-14)18(19)13-20-10-11-21-16-6-4-3-5-7-16/h3-9,12,18H,10-11,13,19H2,1-2H3. The van der Waals surface area contributed by atoms with Crippen LogP contribution in [0.2, 0.25) is 0 Å². The van der Waals surface area contributed by atoms with Gasteiger partial charge in [0.1, 0.15) is 12.4 Å². The first-order valence-corrected chi connectivity index (χ1v) is 7.25. The summed E-state index contributed by atoms with van der Waals surface area (Å²) in [6.07, 6.45) is 0. The molecular weight excluding hydrogens is 262 g/mol. The highest BCUT2D eigenvalue weighted by Crippen LogP contribution is 2.17. The van der Waals surface area contributed by atoms with Gasteiger partial charge in [-0.15, -0.1) is 0 Å². The second-order valence-electron chi connectivity index (χ2n) is 5.20. The third-order valence-electron chi connectivity index (χ3n) is 3.36. The number of nitrogens with two attached hydrogens (primary N) is 1. The summed E-state index contributed by atoms with van der Waals surface area (Å²) in [5, 5.41) is 0. The zero-order valence-corrected chi connectivity index (χ0v) is 12.7. The highest BCUT2D eigenvalue weighted by atomic mass is 16.5. The third kappa shape index (κ3) is 4.88. The molecule has 1 unspecified atom stereocenters. The molecule has 2 aromatic rings. The van der Waals surface area contributed by atoms with E-state index in [0.29, 0.717) is 19.8 Å². The molecule has 0 saturated carbocycles. The van der Waals surface area contributed by atoms with Crippen molar-refractivity contribution in [3.63, 3.8) is 0 Å². The van der Waals surface area contributed by atoms with Crippen molar-refractivity contribution in [2.45, 2.75) is 19.9 Å². The molecule has 2 rings (SSSR count). The maximum absolute atomic E-state index is 6.17. The molecular formula is C18H23NO2. The predicted octanol–water partition coefficient (Wildman–Crippen LogP) is 3.40. The van der Waals surface area contributed by atoms with Crippen LogP contribution in [0.3, 0.4) is 0 Å². The molecule has 0 spiro atoms. The van der Waals surface area contributed by atoms with Gasteiger partial charge in [-0.25, -0.2) is 0 Å². The first-order valence-electron chi connectivity index (χ1n) is 7.25. The largest absolute Gasteiger partial charge is 0.491 e. The van der Waals surface area contributed by atoms with Crippen LogP contribution in [0.25, 0.3) is 0 Å². The molecule has 21 heavy (non-hydrogen) atoms. The van der Waals surface area contributed by atoms with Gasteiger partial charge in [0.15, 0.2) is 0 Å². The Morgan fingerprint density at radius 1 is 1.00 bits per heavy atom. The number of ether oxygens (including phenoxy) is 2. The van der Waals surface area contributed by atoms with Gasteiger partial charge in [-0.2, -0.15) is 0 Å². The van der Waals surface area contributed by atoms with Crippen LogP contribution >= 0.6 is 0 Å². The maximum atomic E-state index is 6.17. The minimum atomic E-state index is -0.0951. The van der Waals surface area contributed by atoms with Crippen molar-refractivity contribution in [2.75, 3.05) is 19.8 Å². The van der Waals surface area contributed by atoms with E-state index in [4.69, 9.17) is 15.2 Å². The number of aryl methyl sites for hydroxylation is 2. The average Bonchev–Trinajstić information content (AvgIpc) is 2.47. The van der Waals surface area contributed by atoms with Crippen molar-refractivity contribution in [3.8, 4) is 5.75 Å². The topological polar surface area (TPSA) is 44.5 Å². The van der Waals surface area contributed by atoms with Crippen LogP contribution in [0.5, 0.6) is 5.75 Å². The minimum absolute atomic E-state index is 0.0951. The molecule has 3 heteroatoms. The van der Waals surface area contributed by atoms with Gasteiger partial charge < -0.3 is 15.2 Å². The Morgan fingerprint density at radius 3 is 2.48 bits per heavy atom. The molecule has 0 fully saturated rings. The third-order valence-corrected chi connectivity index (χ3v) is 3.36. The fraction of sp³-hybridized carbons (Fsp3) is 0.333. The first kappa shape index (κ1) is 15.5. The van der Waals surface area contributed by atoms with Crippen LogP contribution in [0.15, 0.2) is 48.5 Å². The predicted molar refractivity (Wildman–Crippen MR) is 85.6 cm³/mol. The summed E-state index contributed by atoms with van der Waals surface area (Å²) < 4.78 is 11.2. The molecule has 112 valence electrons. The van der Waals surface area contributed by atoms with E-state index in [9.17, 15) is 0 Å². The second-order valence-corrected chi connectivity index (χ2v) is 5.20. The molecule has 0 aliphatic rings. The zero-order valence-electron chi connectivity index (χ0n) is 12.7. The van der Waals surface area contributed by atoms with E-state index in [0.717, 1.165) is 11.3 Å². The number of hydrogen-bond acceptors (Lipinski definition) is 3. The van der Waals surface area contributed by atoms with Gasteiger partial charge in [-0.1, -0.05) is 42.0 Å². The van der Waals surface area contributed by atoms with Crippen LogP contribution in [0.4, 0.5) is 0 Å². The Hall–Kier alpha value is -1.84. The van der Waals surface area contributed by atoms with E-state index < -0.39 is 0 Å². The molecule has 1 atom stereocenters. The van der Waals surface area contributed by atoms with Crippen LogP contribution in [0.1, 0.15) is 22.7 Å². The molecule has 0 aromatic heterocycles. The van der Waals surface area contributed by atoms with E-state index in [1.54, 1.807) is 0 Å². The van der Waals surface area contributed by atoms with Gasteiger partial charge in [-0.05, 0) is 37.1 Å². The SMILES string of the molecule is Cc1ccc(C(N)COCCOc2ccccc2)c(C)c1. The Labute approximate surface area is 126 Å². The van der Waals surface area contributed by atoms with Gasteiger partial charge in [0.25, 0.3) is 0 Å². The quantitative estimate of drug-likeness (QED) is 0.793. The Morgan fingerprint density at radius 2 is 1.76 bits per heavy atom. The smallest absolute Gasteiger partial charge is 0.119 e. The molecule has 3 nitrogen and oxygen atoms in total. The molecule has 0 heterocycles. The van der Waals surface area contributed by atoms with Gasteiger partial charge in [0.05, 0.1) is 19.3 Å². The van der Waals surface area contributed by atoms with Crippen LogP contribution in [-0.2, 0) is 4.74 Å². The highest BCUT2D eigenvalue weighted by Gasteiger charge is 2.09. The number of rotatable bonds is 7. The van der Waals surface area contributed by atoms with Gasteiger partial charge in [0.2, 0.25) is 0 Å². The lowest BCUT2D eigenvalue weighted by Crippen LogP contribution is -2.20. The van der Waals surface area contributed by atoms with E-state index in [2.05, 4.69) is 32.0 Å². The molecule has 0 amide bonds. The van der Waals surface area contributed by atoms with Crippen molar-refractivity contribution in [3.05, 3.63) is 65.2 Å². The Balaban J connectivity index is 1.71. The van der Waals surface area contributed by atoms with Crippen LogP contribution in [-0.4, -0.2) is 19.8 Å². The Kier molecular flexibility index (Phi) is 5.78. The number of hydrogen-bond donors (Lipinski definition) is 1. The van der Waals surface area contributed by atoms with Gasteiger partial charge in [0, 0.05) is 0 Å². The summed E-state index contributed by atoms with van der Waals surface area (Å²) in [6, 6.07) is 15.9. The summed E-state index contributed by atoms with van der Waals surface area (Å²) >= 11 is 0. The fourth-order valence-electron chi connectivity index (χ4n) is 2.28. The lowest BCUT2D eigenvalue weighted by atomic mass is 10.0. The highest BCUT2D eigenvalue weighted by molar-refractivity contribution is 5.32. The molecule has 2 N–H and O–H groups in total. The molecule has 2 aromatic carbocycles. The van der Waals surface area contributed by atoms with Gasteiger partial charge >= 0.3 is 0 Å². The van der Waals surface area contributed by atoms with E-state index >= 15 is 0 Å². The molecule has 0 radical (unpaired) electrons. The number of para-hydroxylation sites is 1. The first-order chi connectivity index (χ1) is 10.2. The lowest BCUT2D eigenvalue weighted by molar-refractivity contribution is 0.0902. The van der Waals surface area contributed by atoms with Crippen molar-refractivity contribution in [1.82, 2.24) is 0 Å². The Bertz CT molecular complexity index is 554. The van der Waals surface area contributed by atoms with Crippen LogP contribution < -0.4 is 10.5 Å². The summed E-state index contributed by atoms with van der Waals surface area (Å²) in [5.74, 6) is 0.861. The van der Waals surface area contributed by atoms with Crippen molar-refractivity contribution in [2.24, 2.45) is 5.73 Å². The van der Waals surface area contributed by atoms with Gasteiger partial charge in [-0.3, -0.25) is 0 Å². The monoisotopic (exact) mass is 285 g/mol. The summed E-state index contributed by atoms with van der Waals surface area (Å²) in [5.41, 5.74) is 9.78. The van der Waals surface area contributed by atoms with E-state index in [-0.39, 0.29) is 6.04 Å². The molecule has 0 saturated heterocycles. The van der Waals surface area contributed by atoms with Crippen molar-refractivity contribution < 1.29 is 9.47 Å². The molecule has 0 aliphatic heterocycles. The maximum Gasteiger partial charge on any atom is 0.119 e. The van der Waals surface area contributed by atoms with E-state index in [1.165, 1.54) is 11.1 Å². The average molecular weight is 285 g/mol. The summed E-state index contributed by atoms with van der Waals surface area (Å²) in [6.45, 7) is 5.74. The molecule has 0 aliphatic carbocycles. The van der Waals surface area contributed by atoms with E-state index in [1.807, 2.05) is 30.3 Å². The summed E-state index contributed by atoms with van der Waals surface area (Å²) in [7, 11) is 0. The second kappa shape index (κ2) is 7.81. The minimum Gasteiger partial charge on any atom is -0.491 e. The van der Waals surface area contributed by atoms with Crippen LogP contribution in [0, 0.1) is 13.8 Å². The zero-order chi connectivity index (χ0) is 15.1. The summed E-state index contributed by atoms with van der Waals surface area (Å²) in [4.78, 5) is 0. The van der Waals surface area contributed by atoms with Crippen molar-refractivity contribution in [1.29, 1.82) is 0 Å².